The van der Waals surface area contributed by atoms with E-state index in [0.717, 1.165) is 6.07 Å². The van der Waals surface area contributed by atoms with Crippen LogP contribution >= 0.6 is 0 Å². The number of hydrogen-bond acceptors (Lipinski definition) is 6. The second kappa shape index (κ2) is 7.36. The minimum atomic E-state index is -4.05. The number of fused-ring (bicyclic) bond motifs is 1. The number of nitrogens with zero attached hydrogens (tertiary/aromatic N) is 2. The zero-order valence-corrected chi connectivity index (χ0v) is 17.0. The van der Waals surface area contributed by atoms with Crippen LogP contribution in [0, 0.1) is 15.5 Å². The molecule has 3 rings (SSSR count). The molecule has 0 aromatic heterocycles. The average molecular weight is 419 g/mol. The molecule has 0 atom stereocenters. The Kier molecular flexibility index (Phi) is 5.22. The topological polar surface area (TPSA) is 119 Å². The number of sulfonamides is 1. The molecule has 9 nitrogen and oxygen atoms in total. The minimum Gasteiger partial charge on any atom is -0.490 e. The SMILES string of the molecule is CCN1C(=O)C(C)(C)COc2cc(NS(=O)(=O)c3cccc([N+](=O)[O-])c3)ccc21. The number of rotatable bonds is 5. The second-order valence-electron chi connectivity index (χ2n) is 7.26. The fourth-order valence-electron chi connectivity index (χ4n) is 3.00. The lowest BCUT2D eigenvalue weighted by Gasteiger charge is -2.26. The summed E-state index contributed by atoms with van der Waals surface area (Å²) in [5, 5.41) is 10.9. The van der Waals surface area contributed by atoms with Crippen LogP contribution in [0.25, 0.3) is 0 Å². The first kappa shape index (κ1) is 20.6. The van der Waals surface area contributed by atoms with Gasteiger partial charge in [0.2, 0.25) is 5.91 Å². The molecule has 1 N–H and O–H groups in total. The van der Waals surface area contributed by atoms with E-state index < -0.39 is 20.4 Å². The number of hydrogen-bond donors (Lipinski definition) is 1. The summed E-state index contributed by atoms with van der Waals surface area (Å²) < 4.78 is 33.5. The van der Waals surface area contributed by atoms with Crippen molar-refractivity contribution < 1.29 is 22.9 Å². The Labute approximate surface area is 168 Å². The number of anilines is 2. The van der Waals surface area contributed by atoms with Crippen molar-refractivity contribution in [2.24, 2.45) is 5.41 Å². The van der Waals surface area contributed by atoms with Crippen molar-refractivity contribution in [1.82, 2.24) is 0 Å². The summed E-state index contributed by atoms with van der Waals surface area (Å²) in [6, 6.07) is 9.42. The predicted octanol–water partition coefficient (Wildman–Crippen LogP) is 3.17. The van der Waals surface area contributed by atoms with Gasteiger partial charge in [-0.25, -0.2) is 8.42 Å². The maximum absolute atomic E-state index is 12.7. The first-order valence-corrected chi connectivity index (χ1v) is 10.4. The highest BCUT2D eigenvalue weighted by Crippen LogP contribution is 2.38. The van der Waals surface area contributed by atoms with Crippen molar-refractivity contribution in [1.29, 1.82) is 0 Å². The highest BCUT2D eigenvalue weighted by Gasteiger charge is 2.37. The molecule has 0 radical (unpaired) electrons. The Morgan fingerprint density at radius 2 is 1.97 bits per heavy atom. The molecule has 2 aromatic carbocycles. The van der Waals surface area contributed by atoms with Gasteiger partial charge in [-0.2, -0.15) is 0 Å². The Hall–Kier alpha value is -3.14. The van der Waals surface area contributed by atoms with Crippen molar-refractivity contribution in [3.63, 3.8) is 0 Å². The largest absolute Gasteiger partial charge is 0.490 e. The maximum atomic E-state index is 12.7. The smallest absolute Gasteiger partial charge is 0.270 e. The molecule has 154 valence electrons. The van der Waals surface area contributed by atoms with E-state index in [1.165, 1.54) is 30.3 Å². The molecule has 10 heteroatoms. The molecule has 0 unspecified atom stereocenters. The third-order valence-electron chi connectivity index (χ3n) is 4.57. The van der Waals surface area contributed by atoms with Crippen LogP contribution in [-0.2, 0) is 14.8 Å². The van der Waals surface area contributed by atoms with Gasteiger partial charge < -0.3 is 9.64 Å². The Balaban J connectivity index is 1.95. The second-order valence-corrected chi connectivity index (χ2v) is 8.95. The number of carbonyl (C=O) groups is 1. The number of nitro groups is 1. The lowest BCUT2D eigenvalue weighted by Crippen LogP contribution is -2.42. The van der Waals surface area contributed by atoms with E-state index in [-0.39, 0.29) is 28.8 Å². The zero-order chi connectivity index (χ0) is 21.4. The molecule has 2 aromatic rings. The summed E-state index contributed by atoms with van der Waals surface area (Å²) in [6.07, 6.45) is 0. The highest BCUT2D eigenvalue weighted by molar-refractivity contribution is 7.92. The van der Waals surface area contributed by atoms with Crippen molar-refractivity contribution in [3.05, 3.63) is 52.6 Å². The van der Waals surface area contributed by atoms with Crippen molar-refractivity contribution in [3.8, 4) is 5.75 Å². The van der Waals surface area contributed by atoms with Crippen LogP contribution in [0.2, 0.25) is 0 Å². The molecule has 0 saturated carbocycles. The quantitative estimate of drug-likeness (QED) is 0.587. The number of non-ortho nitro benzene ring substituents is 1. The van der Waals surface area contributed by atoms with Crippen LogP contribution in [-0.4, -0.2) is 32.4 Å². The summed E-state index contributed by atoms with van der Waals surface area (Å²) in [7, 11) is -4.05. The Morgan fingerprint density at radius 3 is 2.62 bits per heavy atom. The minimum absolute atomic E-state index is 0.0799. The molecule has 1 aliphatic heterocycles. The maximum Gasteiger partial charge on any atom is 0.270 e. The van der Waals surface area contributed by atoms with Crippen LogP contribution in [0.15, 0.2) is 47.4 Å². The summed E-state index contributed by atoms with van der Waals surface area (Å²) in [5.41, 5.74) is -0.269. The van der Waals surface area contributed by atoms with Crippen molar-refractivity contribution in [2.45, 2.75) is 25.7 Å². The molecule has 1 heterocycles. The van der Waals surface area contributed by atoms with Crippen LogP contribution in [0.3, 0.4) is 0 Å². The average Bonchev–Trinajstić information content (AvgIpc) is 2.76. The third kappa shape index (κ3) is 4.02. The monoisotopic (exact) mass is 419 g/mol. The Morgan fingerprint density at radius 1 is 1.24 bits per heavy atom. The van der Waals surface area contributed by atoms with Crippen LogP contribution in [0.5, 0.6) is 5.75 Å². The van der Waals surface area contributed by atoms with Gasteiger partial charge in [0.25, 0.3) is 15.7 Å². The van der Waals surface area contributed by atoms with Crippen LogP contribution < -0.4 is 14.4 Å². The van der Waals surface area contributed by atoms with E-state index in [0.29, 0.717) is 18.0 Å². The molecule has 0 fully saturated rings. The molecular weight excluding hydrogens is 398 g/mol. The molecule has 0 aliphatic carbocycles. The standard InChI is InChI=1S/C19H21N3O6S/c1-4-21-16-9-8-13(10-17(16)28-12-19(2,3)18(21)23)20-29(26,27)15-7-5-6-14(11-15)22(24)25/h5-11,20H,4,12H2,1-3H3. The van der Waals surface area contributed by atoms with Crippen LogP contribution in [0.4, 0.5) is 17.1 Å². The molecule has 0 saturated heterocycles. The van der Waals surface area contributed by atoms with Gasteiger partial charge in [-0.1, -0.05) is 6.07 Å². The summed E-state index contributed by atoms with van der Waals surface area (Å²) >= 11 is 0. The number of ether oxygens (including phenoxy) is 1. The number of nitrogens with one attached hydrogen (secondary N) is 1. The van der Waals surface area contributed by atoms with Gasteiger partial charge in [-0.15, -0.1) is 0 Å². The van der Waals surface area contributed by atoms with Gasteiger partial charge in [0.05, 0.1) is 26.6 Å². The number of nitro benzene ring substituents is 1. The molecule has 1 amide bonds. The molecular formula is C19H21N3O6S. The predicted molar refractivity (Wildman–Crippen MR) is 108 cm³/mol. The van der Waals surface area contributed by atoms with E-state index >= 15 is 0 Å². The lowest BCUT2D eigenvalue weighted by atomic mass is 9.93. The summed E-state index contributed by atoms with van der Waals surface area (Å²) in [6.45, 7) is 6.02. The fourth-order valence-corrected chi connectivity index (χ4v) is 4.09. The molecule has 0 spiro atoms. The van der Waals surface area contributed by atoms with E-state index in [1.54, 1.807) is 24.8 Å². The van der Waals surface area contributed by atoms with E-state index in [4.69, 9.17) is 4.74 Å². The number of carbonyl (C=O) groups excluding carboxylic acids is 1. The summed E-state index contributed by atoms with van der Waals surface area (Å²) in [5.74, 6) is 0.300. The van der Waals surface area contributed by atoms with Crippen molar-refractivity contribution >= 4 is 33.0 Å². The van der Waals surface area contributed by atoms with E-state index in [1.807, 2.05) is 6.92 Å². The van der Waals surface area contributed by atoms with Crippen LogP contribution in [0.1, 0.15) is 20.8 Å². The first-order valence-electron chi connectivity index (χ1n) is 8.91. The molecule has 0 bridgehead atoms. The number of amides is 1. The van der Waals surface area contributed by atoms with Gasteiger partial charge in [0.15, 0.2) is 0 Å². The normalized spacial score (nSPS) is 15.8. The third-order valence-corrected chi connectivity index (χ3v) is 5.95. The van der Waals surface area contributed by atoms with E-state index in [2.05, 4.69) is 4.72 Å². The van der Waals surface area contributed by atoms with Gasteiger partial charge in [0.1, 0.15) is 12.4 Å². The summed E-state index contributed by atoms with van der Waals surface area (Å²) in [4.78, 5) is 24.3. The molecule has 1 aliphatic rings. The fraction of sp³-hybridized carbons (Fsp3) is 0.316. The zero-order valence-electron chi connectivity index (χ0n) is 16.2. The Bertz CT molecular complexity index is 1080. The lowest BCUT2D eigenvalue weighted by molar-refractivity contribution is -0.385. The van der Waals surface area contributed by atoms with Gasteiger partial charge >= 0.3 is 0 Å². The number of benzene rings is 2. The van der Waals surface area contributed by atoms with E-state index in [9.17, 15) is 23.3 Å². The van der Waals surface area contributed by atoms with Gasteiger partial charge in [-0.05, 0) is 39.0 Å². The van der Waals surface area contributed by atoms with Gasteiger partial charge in [-0.3, -0.25) is 19.6 Å². The molecule has 29 heavy (non-hydrogen) atoms. The highest BCUT2D eigenvalue weighted by atomic mass is 32.2. The first-order chi connectivity index (χ1) is 13.5. The van der Waals surface area contributed by atoms with Gasteiger partial charge in [0, 0.05) is 24.7 Å². The van der Waals surface area contributed by atoms with Crippen molar-refractivity contribution in [2.75, 3.05) is 22.8 Å².